The molecule has 1 aliphatic rings. The summed E-state index contributed by atoms with van der Waals surface area (Å²) in [5.74, 6) is -1.56. The molecule has 1 atom stereocenters. The molecule has 246 valence electrons. The fourth-order valence-electron chi connectivity index (χ4n) is 6.54. The highest BCUT2D eigenvalue weighted by molar-refractivity contribution is 6.31. The van der Waals surface area contributed by atoms with Gasteiger partial charge in [0.15, 0.2) is 0 Å². The van der Waals surface area contributed by atoms with E-state index in [0.717, 1.165) is 50.7 Å². The Hall–Kier alpha value is -5.54. The van der Waals surface area contributed by atoms with E-state index in [0.29, 0.717) is 23.3 Å². The highest BCUT2D eigenvalue weighted by Gasteiger charge is 2.30. The number of halogens is 3. The van der Waals surface area contributed by atoms with Gasteiger partial charge in [0.2, 0.25) is 5.91 Å². The van der Waals surface area contributed by atoms with E-state index in [9.17, 15) is 14.0 Å². The zero-order chi connectivity index (χ0) is 34.1. The second-order valence-corrected chi connectivity index (χ2v) is 12.4. The van der Waals surface area contributed by atoms with E-state index in [1.54, 1.807) is 18.2 Å². The molecule has 7 rings (SSSR count). The fourth-order valence-corrected chi connectivity index (χ4v) is 6.72. The minimum absolute atomic E-state index is 0.0317. The molecule has 1 heterocycles. The molecule has 2 amide bonds. The van der Waals surface area contributed by atoms with Crippen molar-refractivity contribution in [2.45, 2.75) is 31.8 Å². The molecule has 7 nitrogen and oxygen atoms in total. The summed E-state index contributed by atoms with van der Waals surface area (Å²) in [6.07, 6.45) is -1.18. The number of fused-ring (bicyclic) bond motifs is 4. The van der Waals surface area contributed by atoms with Crippen LogP contribution >= 0.6 is 11.6 Å². The molecule has 0 bridgehead atoms. The molecule has 0 saturated carbocycles. The molecule has 0 fully saturated rings. The number of benzene rings is 5. The molecule has 0 radical (unpaired) electrons. The molecule has 1 aromatic heterocycles. The minimum Gasteiger partial charge on any atom is -0.449 e. The van der Waals surface area contributed by atoms with Crippen LogP contribution in [0.15, 0.2) is 109 Å². The van der Waals surface area contributed by atoms with Gasteiger partial charge in [-0.2, -0.15) is 0 Å². The SMILES string of the molecule is Cc1nc2ccccc2n1Cc1cc(NC(=O)CC(NC(=O)OCC2c3ccccc3-c3ccccc32)c2ccc(F)cc2F)ccc1Cl. The second kappa shape index (κ2) is 13.5. The van der Waals surface area contributed by atoms with Gasteiger partial charge in [-0.25, -0.2) is 18.6 Å². The topological polar surface area (TPSA) is 85.3 Å². The van der Waals surface area contributed by atoms with Crippen LogP contribution in [0.25, 0.3) is 22.2 Å². The van der Waals surface area contributed by atoms with Crippen molar-refractivity contribution in [2.24, 2.45) is 0 Å². The monoisotopic (exact) mass is 676 g/mol. The van der Waals surface area contributed by atoms with E-state index >= 15 is 4.39 Å². The molecule has 49 heavy (non-hydrogen) atoms. The van der Waals surface area contributed by atoms with E-state index in [2.05, 4.69) is 15.6 Å². The van der Waals surface area contributed by atoms with Crippen molar-refractivity contribution in [1.82, 2.24) is 14.9 Å². The van der Waals surface area contributed by atoms with Crippen LogP contribution in [0.2, 0.25) is 5.02 Å². The summed E-state index contributed by atoms with van der Waals surface area (Å²) in [5.41, 5.74) is 7.21. The molecular formula is C39H31ClF2N4O3. The van der Waals surface area contributed by atoms with Crippen molar-refractivity contribution in [1.29, 1.82) is 0 Å². The van der Waals surface area contributed by atoms with Crippen LogP contribution in [0, 0.1) is 18.6 Å². The Morgan fingerprint density at radius 2 is 1.59 bits per heavy atom. The molecule has 0 saturated heterocycles. The Morgan fingerprint density at radius 3 is 2.33 bits per heavy atom. The zero-order valence-corrected chi connectivity index (χ0v) is 27.2. The van der Waals surface area contributed by atoms with E-state index in [4.69, 9.17) is 16.3 Å². The number of nitrogens with zero attached hydrogens (tertiary/aromatic N) is 2. The van der Waals surface area contributed by atoms with Gasteiger partial charge in [0.1, 0.15) is 24.1 Å². The van der Waals surface area contributed by atoms with Gasteiger partial charge < -0.3 is 19.9 Å². The number of anilines is 1. The Balaban J connectivity index is 1.07. The van der Waals surface area contributed by atoms with Gasteiger partial charge in [-0.15, -0.1) is 0 Å². The lowest BCUT2D eigenvalue weighted by Crippen LogP contribution is -2.33. The highest BCUT2D eigenvalue weighted by Crippen LogP contribution is 2.44. The molecule has 6 aromatic rings. The zero-order valence-electron chi connectivity index (χ0n) is 26.4. The summed E-state index contributed by atoms with van der Waals surface area (Å²) >= 11 is 6.56. The summed E-state index contributed by atoms with van der Waals surface area (Å²) in [6.45, 7) is 2.36. The predicted molar refractivity (Wildman–Crippen MR) is 186 cm³/mol. The second-order valence-electron chi connectivity index (χ2n) is 12.0. The molecule has 10 heteroatoms. The Morgan fingerprint density at radius 1 is 0.898 bits per heavy atom. The van der Waals surface area contributed by atoms with Crippen molar-refractivity contribution in [3.05, 3.63) is 154 Å². The summed E-state index contributed by atoms with van der Waals surface area (Å²) in [6, 6.07) is 30.6. The molecule has 0 spiro atoms. The standard InChI is InChI=1S/C39H31ClF2N4O3/c1-23-43-35-12-6-7-13-37(35)46(23)21-24-18-26(15-17-33(24)40)44-38(47)20-36(31-16-14-25(41)19-34(31)42)45-39(48)49-22-32-29-10-4-2-8-27(29)28-9-3-5-11-30(28)32/h2-19,32,36H,20-22H2,1H3,(H,44,47)(H,45,48). The number of amides is 2. The van der Waals surface area contributed by atoms with Crippen LogP contribution in [0.5, 0.6) is 0 Å². The van der Waals surface area contributed by atoms with Crippen LogP contribution in [0.3, 0.4) is 0 Å². The van der Waals surface area contributed by atoms with Crippen LogP contribution in [0.1, 0.15) is 46.5 Å². The normalized spacial score (nSPS) is 12.7. The van der Waals surface area contributed by atoms with Gasteiger partial charge in [-0.3, -0.25) is 4.79 Å². The first kappa shape index (κ1) is 32.0. The summed E-state index contributed by atoms with van der Waals surface area (Å²) in [4.78, 5) is 31.2. The van der Waals surface area contributed by atoms with Gasteiger partial charge in [0.25, 0.3) is 0 Å². The number of aryl methyl sites for hydroxylation is 1. The van der Waals surface area contributed by atoms with E-state index in [1.807, 2.05) is 84.3 Å². The number of hydrogen-bond acceptors (Lipinski definition) is 4. The lowest BCUT2D eigenvalue weighted by molar-refractivity contribution is -0.116. The van der Waals surface area contributed by atoms with Gasteiger partial charge in [-0.05, 0) is 71.1 Å². The molecular weight excluding hydrogens is 646 g/mol. The van der Waals surface area contributed by atoms with Gasteiger partial charge >= 0.3 is 6.09 Å². The average molecular weight is 677 g/mol. The van der Waals surface area contributed by atoms with Crippen molar-refractivity contribution >= 4 is 40.3 Å². The van der Waals surface area contributed by atoms with Crippen molar-refractivity contribution in [2.75, 3.05) is 11.9 Å². The van der Waals surface area contributed by atoms with Gasteiger partial charge in [0, 0.05) is 28.3 Å². The predicted octanol–water partition coefficient (Wildman–Crippen LogP) is 8.93. The highest BCUT2D eigenvalue weighted by atomic mass is 35.5. The third kappa shape index (κ3) is 6.62. The van der Waals surface area contributed by atoms with Crippen LogP contribution < -0.4 is 10.6 Å². The number of nitrogens with one attached hydrogen (secondary N) is 2. The first-order valence-electron chi connectivity index (χ1n) is 15.8. The lowest BCUT2D eigenvalue weighted by Gasteiger charge is -2.21. The average Bonchev–Trinajstić information content (AvgIpc) is 3.58. The van der Waals surface area contributed by atoms with Crippen molar-refractivity contribution in [3.63, 3.8) is 0 Å². The third-order valence-electron chi connectivity index (χ3n) is 8.87. The van der Waals surface area contributed by atoms with Crippen molar-refractivity contribution in [3.8, 4) is 11.1 Å². The Labute approximate surface area is 286 Å². The van der Waals surface area contributed by atoms with Crippen LogP contribution in [0.4, 0.5) is 19.3 Å². The molecule has 5 aromatic carbocycles. The number of imidazole rings is 1. The number of ether oxygens (including phenoxy) is 1. The van der Waals surface area contributed by atoms with Gasteiger partial charge in [-0.1, -0.05) is 78.3 Å². The summed E-state index contributed by atoms with van der Waals surface area (Å²) in [5, 5.41) is 5.99. The van der Waals surface area contributed by atoms with Gasteiger partial charge in [0.05, 0.1) is 30.0 Å². The maximum atomic E-state index is 15.0. The number of alkyl carbamates (subject to hydrolysis) is 1. The lowest BCUT2D eigenvalue weighted by atomic mass is 9.98. The molecule has 1 unspecified atom stereocenters. The maximum absolute atomic E-state index is 15.0. The number of rotatable bonds is 9. The number of aromatic nitrogens is 2. The molecule has 1 aliphatic carbocycles. The number of para-hydroxylation sites is 2. The number of hydrogen-bond donors (Lipinski definition) is 2. The fraction of sp³-hybridized carbons (Fsp3) is 0.154. The first-order valence-corrected chi connectivity index (χ1v) is 16.2. The van der Waals surface area contributed by atoms with E-state index in [-0.39, 0.29) is 24.5 Å². The first-order chi connectivity index (χ1) is 23.7. The summed E-state index contributed by atoms with van der Waals surface area (Å²) < 4.78 is 36.6. The Bertz CT molecular complexity index is 2170. The van der Waals surface area contributed by atoms with Crippen LogP contribution in [-0.4, -0.2) is 28.2 Å². The minimum atomic E-state index is -1.15. The van der Waals surface area contributed by atoms with E-state index < -0.39 is 29.7 Å². The quantitative estimate of drug-likeness (QED) is 0.160. The van der Waals surface area contributed by atoms with Crippen LogP contribution in [-0.2, 0) is 16.1 Å². The number of carbonyl (C=O) groups excluding carboxylic acids is 2. The smallest absolute Gasteiger partial charge is 0.407 e. The van der Waals surface area contributed by atoms with Crippen molar-refractivity contribution < 1.29 is 23.1 Å². The Kier molecular flexibility index (Phi) is 8.84. The number of carbonyl (C=O) groups is 2. The third-order valence-corrected chi connectivity index (χ3v) is 9.24. The van der Waals surface area contributed by atoms with E-state index in [1.165, 1.54) is 6.07 Å². The summed E-state index contributed by atoms with van der Waals surface area (Å²) in [7, 11) is 0. The molecule has 2 N–H and O–H groups in total. The largest absolute Gasteiger partial charge is 0.449 e. The molecule has 0 aliphatic heterocycles. The maximum Gasteiger partial charge on any atom is 0.407 e.